The Morgan fingerprint density at radius 1 is 1.12 bits per heavy atom. The molecule has 1 aliphatic rings. The van der Waals surface area contributed by atoms with Crippen molar-refractivity contribution in [3.8, 4) is 5.75 Å². The Labute approximate surface area is 146 Å². The van der Waals surface area contributed by atoms with Gasteiger partial charge in [-0.3, -0.25) is 9.59 Å². The lowest BCUT2D eigenvalue weighted by atomic mass is 9.89. The standard InChI is InChI=1S/C20H21NO4/c1-14-6-5-9-16(10-14)25-13-19(22)21-11-17(18(12-21)20(23)24)15-7-3-2-4-8-15/h2-10,17-18H,11-13H2,1H3,(H,23,24)/t17-,18-/m0/s1. The number of ether oxygens (including phenoxy) is 1. The molecule has 5 nitrogen and oxygen atoms in total. The van der Waals surface area contributed by atoms with Gasteiger partial charge in [0.2, 0.25) is 0 Å². The zero-order valence-electron chi connectivity index (χ0n) is 14.1. The number of hydrogen-bond acceptors (Lipinski definition) is 3. The van der Waals surface area contributed by atoms with E-state index in [1.54, 1.807) is 11.0 Å². The first-order chi connectivity index (χ1) is 12.0. The summed E-state index contributed by atoms with van der Waals surface area (Å²) in [5.74, 6) is -1.20. The van der Waals surface area contributed by atoms with Crippen LogP contribution in [0.1, 0.15) is 17.0 Å². The number of aliphatic carboxylic acids is 1. The van der Waals surface area contributed by atoms with Crippen molar-refractivity contribution in [2.75, 3.05) is 19.7 Å². The molecule has 2 aromatic rings. The van der Waals surface area contributed by atoms with Gasteiger partial charge in [-0.15, -0.1) is 0 Å². The van der Waals surface area contributed by atoms with Gasteiger partial charge in [-0.1, -0.05) is 42.5 Å². The molecule has 5 heteroatoms. The van der Waals surface area contributed by atoms with E-state index in [9.17, 15) is 14.7 Å². The zero-order chi connectivity index (χ0) is 17.8. The normalized spacial score (nSPS) is 19.6. The Balaban J connectivity index is 1.66. The van der Waals surface area contributed by atoms with E-state index >= 15 is 0 Å². The second-order valence-electron chi connectivity index (χ2n) is 6.37. The molecule has 0 radical (unpaired) electrons. The third-order valence-electron chi connectivity index (χ3n) is 4.57. The molecule has 0 aliphatic carbocycles. The summed E-state index contributed by atoms with van der Waals surface area (Å²) in [6.07, 6.45) is 0. The first kappa shape index (κ1) is 17.0. The van der Waals surface area contributed by atoms with Gasteiger partial charge in [0.25, 0.3) is 5.91 Å². The van der Waals surface area contributed by atoms with E-state index in [1.165, 1.54) is 0 Å². The molecule has 0 unspecified atom stereocenters. The molecule has 0 aromatic heterocycles. The first-order valence-corrected chi connectivity index (χ1v) is 8.29. The second kappa shape index (κ2) is 7.38. The maximum atomic E-state index is 12.5. The van der Waals surface area contributed by atoms with Crippen LogP contribution in [-0.2, 0) is 9.59 Å². The number of carboxylic acids is 1. The zero-order valence-corrected chi connectivity index (χ0v) is 14.1. The van der Waals surface area contributed by atoms with E-state index in [1.807, 2.05) is 55.5 Å². The average molecular weight is 339 g/mol. The molecule has 1 aliphatic heterocycles. The Hall–Kier alpha value is -2.82. The molecule has 1 amide bonds. The highest BCUT2D eigenvalue weighted by Crippen LogP contribution is 2.33. The van der Waals surface area contributed by atoms with Gasteiger partial charge in [-0.05, 0) is 30.2 Å². The van der Waals surface area contributed by atoms with Crippen LogP contribution in [0.25, 0.3) is 0 Å². The van der Waals surface area contributed by atoms with Crippen molar-refractivity contribution in [2.24, 2.45) is 5.92 Å². The van der Waals surface area contributed by atoms with Crippen LogP contribution in [-0.4, -0.2) is 41.6 Å². The second-order valence-corrected chi connectivity index (χ2v) is 6.37. The maximum absolute atomic E-state index is 12.5. The summed E-state index contributed by atoms with van der Waals surface area (Å²) in [6, 6.07) is 17.0. The van der Waals surface area contributed by atoms with Crippen molar-refractivity contribution in [2.45, 2.75) is 12.8 Å². The molecule has 3 rings (SSSR count). The fourth-order valence-electron chi connectivity index (χ4n) is 3.24. The predicted octanol–water partition coefficient (Wildman–Crippen LogP) is 2.70. The monoisotopic (exact) mass is 339 g/mol. The first-order valence-electron chi connectivity index (χ1n) is 8.29. The third kappa shape index (κ3) is 3.99. The third-order valence-corrected chi connectivity index (χ3v) is 4.57. The summed E-state index contributed by atoms with van der Waals surface area (Å²) in [7, 11) is 0. The van der Waals surface area contributed by atoms with Gasteiger partial charge in [-0.25, -0.2) is 0 Å². The van der Waals surface area contributed by atoms with E-state index in [2.05, 4.69) is 0 Å². The van der Waals surface area contributed by atoms with Gasteiger partial charge in [0.05, 0.1) is 5.92 Å². The number of hydrogen-bond donors (Lipinski definition) is 1. The van der Waals surface area contributed by atoms with Gasteiger partial charge >= 0.3 is 5.97 Å². The van der Waals surface area contributed by atoms with Gasteiger partial charge in [-0.2, -0.15) is 0 Å². The molecule has 130 valence electrons. The van der Waals surface area contributed by atoms with Crippen molar-refractivity contribution in [1.82, 2.24) is 4.90 Å². The molecule has 0 bridgehead atoms. The fraction of sp³-hybridized carbons (Fsp3) is 0.300. The van der Waals surface area contributed by atoms with E-state index in [4.69, 9.17) is 4.74 Å². The summed E-state index contributed by atoms with van der Waals surface area (Å²) < 4.78 is 5.56. The summed E-state index contributed by atoms with van der Waals surface area (Å²) in [5.41, 5.74) is 2.01. The molecule has 1 N–H and O–H groups in total. The van der Waals surface area contributed by atoms with E-state index in [0.717, 1.165) is 11.1 Å². The van der Waals surface area contributed by atoms with Crippen LogP contribution in [0.15, 0.2) is 54.6 Å². The van der Waals surface area contributed by atoms with E-state index in [0.29, 0.717) is 12.3 Å². The summed E-state index contributed by atoms with van der Waals surface area (Å²) in [4.78, 5) is 25.6. The largest absolute Gasteiger partial charge is 0.484 e. The predicted molar refractivity (Wildman–Crippen MR) is 93.6 cm³/mol. The summed E-state index contributed by atoms with van der Waals surface area (Å²) in [6.45, 7) is 2.48. The lowest BCUT2D eigenvalue weighted by Gasteiger charge is -2.17. The molecule has 2 aromatic carbocycles. The van der Waals surface area contributed by atoms with Crippen LogP contribution in [0, 0.1) is 12.8 Å². The van der Waals surface area contributed by atoms with Gasteiger partial charge in [0, 0.05) is 19.0 Å². The Bertz CT molecular complexity index is 759. The molecule has 1 heterocycles. The Kier molecular flexibility index (Phi) is 5.03. The minimum Gasteiger partial charge on any atom is -0.484 e. The SMILES string of the molecule is Cc1cccc(OCC(=O)N2C[C@H](C(=O)O)[C@H](c3ccccc3)C2)c1. The summed E-state index contributed by atoms with van der Waals surface area (Å²) in [5, 5.41) is 9.51. The number of benzene rings is 2. The van der Waals surface area contributed by atoms with Gasteiger partial charge in [0.15, 0.2) is 6.61 Å². The van der Waals surface area contributed by atoms with Crippen molar-refractivity contribution in [3.05, 3.63) is 65.7 Å². The topological polar surface area (TPSA) is 66.8 Å². The Morgan fingerprint density at radius 2 is 1.88 bits per heavy atom. The maximum Gasteiger partial charge on any atom is 0.308 e. The van der Waals surface area contributed by atoms with Crippen LogP contribution < -0.4 is 4.74 Å². The van der Waals surface area contributed by atoms with Crippen molar-refractivity contribution in [1.29, 1.82) is 0 Å². The number of nitrogens with zero attached hydrogens (tertiary/aromatic N) is 1. The molecule has 0 spiro atoms. The minimum absolute atomic E-state index is 0.0860. The lowest BCUT2D eigenvalue weighted by Crippen LogP contribution is -2.33. The van der Waals surface area contributed by atoms with E-state index in [-0.39, 0.29) is 25.0 Å². The molecule has 2 atom stereocenters. The molecule has 1 saturated heterocycles. The van der Waals surface area contributed by atoms with Gasteiger partial charge < -0.3 is 14.7 Å². The van der Waals surface area contributed by atoms with E-state index < -0.39 is 11.9 Å². The van der Waals surface area contributed by atoms with Crippen molar-refractivity contribution < 1.29 is 19.4 Å². The molecular formula is C20H21NO4. The number of rotatable bonds is 5. The van der Waals surface area contributed by atoms with Crippen LogP contribution >= 0.6 is 0 Å². The quantitative estimate of drug-likeness (QED) is 0.909. The van der Waals surface area contributed by atoms with Gasteiger partial charge in [0.1, 0.15) is 5.75 Å². The molecule has 0 saturated carbocycles. The highest BCUT2D eigenvalue weighted by Gasteiger charge is 2.40. The van der Waals surface area contributed by atoms with Crippen LogP contribution in [0.4, 0.5) is 0 Å². The number of carbonyl (C=O) groups excluding carboxylic acids is 1. The fourth-order valence-corrected chi connectivity index (χ4v) is 3.24. The highest BCUT2D eigenvalue weighted by atomic mass is 16.5. The minimum atomic E-state index is -0.872. The number of likely N-dealkylation sites (tertiary alicyclic amines) is 1. The van der Waals surface area contributed by atoms with Crippen molar-refractivity contribution >= 4 is 11.9 Å². The molecular weight excluding hydrogens is 318 g/mol. The van der Waals surface area contributed by atoms with Crippen LogP contribution in [0.5, 0.6) is 5.75 Å². The summed E-state index contributed by atoms with van der Waals surface area (Å²) >= 11 is 0. The van der Waals surface area contributed by atoms with Crippen LogP contribution in [0.3, 0.4) is 0 Å². The van der Waals surface area contributed by atoms with Crippen LogP contribution in [0.2, 0.25) is 0 Å². The average Bonchev–Trinajstić information content (AvgIpc) is 3.06. The number of amides is 1. The number of aryl methyl sites for hydroxylation is 1. The lowest BCUT2D eigenvalue weighted by molar-refractivity contribution is -0.142. The molecule has 25 heavy (non-hydrogen) atoms. The molecule has 1 fully saturated rings. The number of carboxylic acid groups (broad SMARTS) is 1. The Morgan fingerprint density at radius 3 is 2.56 bits per heavy atom. The number of carbonyl (C=O) groups is 2. The smallest absolute Gasteiger partial charge is 0.308 e. The highest BCUT2D eigenvalue weighted by molar-refractivity contribution is 5.80. The van der Waals surface area contributed by atoms with Crippen molar-refractivity contribution in [3.63, 3.8) is 0 Å².